The van der Waals surface area contributed by atoms with Crippen LogP contribution in [0.4, 0.5) is 8.78 Å². The van der Waals surface area contributed by atoms with Gasteiger partial charge in [0.2, 0.25) is 0 Å². The number of ether oxygens (including phenoxy) is 1. The van der Waals surface area contributed by atoms with E-state index in [4.69, 9.17) is 4.74 Å². The molecule has 34 heavy (non-hydrogen) atoms. The number of para-hydroxylation sites is 1. The largest absolute Gasteiger partial charge is 0.508 e. The molecule has 2 fully saturated rings. The summed E-state index contributed by atoms with van der Waals surface area (Å²) in [7, 11) is 1.67. The second-order valence-electron chi connectivity index (χ2n) is 9.59. The van der Waals surface area contributed by atoms with Gasteiger partial charge in [0.05, 0.1) is 7.11 Å². The first kappa shape index (κ1) is 22.8. The predicted molar refractivity (Wildman–Crippen MR) is 128 cm³/mol. The van der Waals surface area contributed by atoms with E-state index in [1.807, 2.05) is 24.3 Å². The highest BCUT2D eigenvalue weighted by molar-refractivity contribution is 5.34. The van der Waals surface area contributed by atoms with Crippen molar-refractivity contribution in [3.05, 3.63) is 95.1 Å². The van der Waals surface area contributed by atoms with Crippen LogP contribution in [0.2, 0.25) is 0 Å². The third-order valence-electron chi connectivity index (χ3n) is 7.50. The molecule has 5 rings (SSSR count). The quantitative estimate of drug-likeness (QED) is 0.521. The minimum Gasteiger partial charge on any atom is -0.508 e. The molecule has 0 bridgehead atoms. The fourth-order valence-corrected chi connectivity index (χ4v) is 5.69. The SMILES string of the molecule is COc1ccc(CN2CCC3(CC2)CN(Cc2ccccc2O)C3c2ccc(F)cc2F)cc1. The molecule has 0 radical (unpaired) electrons. The standard InChI is InChI=1S/C28H30F2N2O2/c1-34-23-9-6-20(7-10-23)17-31-14-12-28(13-15-31)19-32(18-21-4-2-3-5-26(21)33)27(28)24-11-8-22(29)16-25(24)30/h2-11,16,27,33H,12-15,17-19H2,1H3. The molecule has 6 heteroatoms. The zero-order valence-corrected chi connectivity index (χ0v) is 19.4. The van der Waals surface area contributed by atoms with Crippen molar-refractivity contribution in [1.29, 1.82) is 0 Å². The first-order valence-corrected chi connectivity index (χ1v) is 11.8. The number of piperidine rings is 1. The Labute approximate surface area is 199 Å². The molecule has 3 aromatic rings. The first-order chi connectivity index (χ1) is 16.5. The highest BCUT2D eigenvalue weighted by atomic mass is 19.1. The van der Waals surface area contributed by atoms with Gasteiger partial charge < -0.3 is 9.84 Å². The number of hydrogen-bond donors (Lipinski definition) is 1. The van der Waals surface area contributed by atoms with Crippen LogP contribution in [0, 0.1) is 17.0 Å². The fraction of sp³-hybridized carbons (Fsp3) is 0.357. The molecule has 2 aliphatic rings. The van der Waals surface area contributed by atoms with E-state index < -0.39 is 11.6 Å². The lowest BCUT2D eigenvalue weighted by Gasteiger charge is -2.61. The summed E-state index contributed by atoms with van der Waals surface area (Å²) in [5.74, 6) is 0.0452. The summed E-state index contributed by atoms with van der Waals surface area (Å²) in [6.45, 7) is 4.09. The third-order valence-corrected chi connectivity index (χ3v) is 7.50. The number of methoxy groups -OCH3 is 1. The number of halogens is 2. The Morgan fingerprint density at radius 2 is 1.71 bits per heavy atom. The van der Waals surface area contributed by atoms with E-state index in [1.165, 1.54) is 11.6 Å². The number of benzene rings is 3. The van der Waals surface area contributed by atoms with Crippen LogP contribution in [0.25, 0.3) is 0 Å². The summed E-state index contributed by atoms with van der Waals surface area (Å²) >= 11 is 0. The summed E-state index contributed by atoms with van der Waals surface area (Å²) in [6, 6.07) is 19.2. The highest BCUT2D eigenvalue weighted by Crippen LogP contribution is 2.56. The van der Waals surface area contributed by atoms with Gasteiger partial charge in [-0.2, -0.15) is 0 Å². The van der Waals surface area contributed by atoms with Crippen LogP contribution >= 0.6 is 0 Å². The van der Waals surface area contributed by atoms with Gasteiger partial charge in [0, 0.05) is 48.3 Å². The van der Waals surface area contributed by atoms with Gasteiger partial charge >= 0.3 is 0 Å². The summed E-state index contributed by atoms with van der Waals surface area (Å²) in [4.78, 5) is 4.65. The lowest BCUT2D eigenvalue weighted by atomic mass is 9.63. The minimum atomic E-state index is -0.559. The molecule has 2 heterocycles. The van der Waals surface area contributed by atoms with Crippen molar-refractivity contribution in [2.24, 2.45) is 5.41 Å². The Kier molecular flexibility index (Phi) is 6.28. The van der Waals surface area contributed by atoms with Crippen LogP contribution in [-0.2, 0) is 13.1 Å². The highest BCUT2D eigenvalue weighted by Gasteiger charge is 2.54. The molecule has 178 valence electrons. The average molecular weight is 465 g/mol. The molecule has 3 aromatic carbocycles. The third kappa shape index (κ3) is 4.40. The van der Waals surface area contributed by atoms with Gasteiger partial charge in [-0.1, -0.05) is 36.4 Å². The molecule has 2 saturated heterocycles. The monoisotopic (exact) mass is 464 g/mol. The number of nitrogens with zero attached hydrogens (tertiary/aromatic N) is 2. The number of phenolic OH excluding ortho intramolecular Hbond substituents is 1. The van der Waals surface area contributed by atoms with Crippen LogP contribution in [0.5, 0.6) is 11.5 Å². The molecular formula is C28H30F2N2O2. The molecule has 1 unspecified atom stereocenters. The number of rotatable bonds is 6. The normalized spacial score (nSPS) is 20.3. The molecular weight excluding hydrogens is 434 g/mol. The zero-order chi connectivity index (χ0) is 23.7. The maximum Gasteiger partial charge on any atom is 0.130 e. The number of phenols is 1. The lowest BCUT2D eigenvalue weighted by Crippen LogP contribution is -2.61. The number of likely N-dealkylation sites (tertiary alicyclic amines) is 2. The Morgan fingerprint density at radius 1 is 0.971 bits per heavy atom. The van der Waals surface area contributed by atoms with Crippen molar-refractivity contribution in [2.45, 2.75) is 32.0 Å². The van der Waals surface area contributed by atoms with Crippen molar-refractivity contribution in [3.63, 3.8) is 0 Å². The van der Waals surface area contributed by atoms with E-state index in [1.54, 1.807) is 25.3 Å². The molecule has 1 atom stereocenters. The summed E-state index contributed by atoms with van der Waals surface area (Å²) < 4.78 is 33.9. The minimum absolute atomic E-state index is 0.0561. The van der Waals surface area contributed by atoms with Gasteiger partial charge in [-0.3, -0.25) is 9.80 Å². The van der Waals surface area contributed by atoms with Crippen molar-refractivity contribution < 1.29 is 18.6 Å². The lowest BCUT2D eigenvalue weighted by molar-refractivity contribution is -0.119. The Balaban J connectivity index is 1.33. The van der Waals surface area contributed by atoms with E-state index in [2.05, 4.69) is 21.9 Å². The van der Waals surface area contributed by atoms with Crippen LogP contribution in [-0.4, -0.2) is 41.7 Å². The van der Waals surface area contributed by atoms with Gasteiger partial charge in [0.25, 0.3) is 0 Å². The zero-order valence-electron chi connectivity index (χ0n) is 19.4. The second kappa shape index (κ2) is 9.35. The summed E-state index contributed by atoms with van der Waals surface area (Å²) in [5, 5.41) is 10.3. The maximum absolute atomic E-state index is 14.9. The second-order valence-corrected chi connectivity index (χ2v) is 9.59. The van der Waals surface area contributed by atoms with Gasteiger partial charge in [-0.25, -0.2) is 8.78 Å². The van der Waals surface area contributed by atoms with Gasteiger partial charge in [0.15, 0.2) is 0 Å². The summed E-state index contributed by atoms with van der Waals surface area (Å²) in [5.41, 5.74) is 2.56. The molecule has 0 amide bonds. The molecule has 0 saturated carbocycles. The van der Waals surface area contributed by atoms with E-state index in [0.717, 1.165) is 56.4 Å². The Bertz CT molecular complexity index is 1140. The van der Waals surface area contributed by atoms with Crippen molar-refractivity contribution in [1.82, 2.24) is 9.80 Å². The van der Waals surface area contributed by atoms with Gasteiger partial charge in [-0.05, 0) is 55.8 Å². The van der Waals surface area contributed by atoms with Gasteiger partial charge in [-0.15, -0.1) is 0 Å². The van der Waals surface area contributed by atoms with Crippen LogP contribution in [0.15, 0.2) is 66.7 Å². The van der Waals surface area contributed by atoms with Crippen LogP contribution < -0.4 is 4.74 Å². The Hall–Kier alpha value is -2.96. The van der Waals surface area contributed by atoms with E-state index in [9.17, 15) is 13.9 Å². The van der Waals surface area contributed by atoms with Gasteiger partial charge in [0.1, 0.15) is 23.1 Å². The number of hydrogen-bond acceptors (Lipinski definition) is 4. The molecule has 1 N–H and O–H groups in total. The van der Waals surface area contributed by atoms with Crippen molar-refractivity contribution in [2.75, 3.05) is 26.7 Å². The molecule has 0 aliphatic carbocycles. The van der Waals surface area contributed by atoms with E-state index in [-0.39, 0.29) is 17.2 Å². The van der Waals surface area contributed by atoms with Crippen LogP contribution in [0.1, 0.15) is 35.6 Å². The topological polar surface area (TPSA) is 35.9 Å². The summed E-state index contributed by atoms with van der Waals surface area (Å²) in [6.07, 6.45) is 1.89. The smallest absolute Gasteiger partial charge is 0.130 e. The molecule has 4 nitrogen and oxygen atoms in total. The van der Waals surface area contributed by atoms with Crippen molar-refractivity contribution >= 4 is 0 Å². The maximum atomic E-state index is 14.9. The van der Waals surface area contributed by atoms with Crippen molar-refractivity contribution in [3.8, 4) is 11.5 Å². The first-order valence-electron chi connectivity index (χ1n) is 11.8. The molecule has 0 aromatic heterocycles. The number of aromatic hydroxyl groups is 1. The predicted octanol–water partition coefficient (Wildman–Crippen LogP) is 5.52. The van der Waals surface area contributed by atoms with Crippen LogP contribution in [0.3, 0.4) is 0 Å². The molecule has 1 spiro atoms. The molecule has 2 aliphatic heterocycles. The average Bonchev–Trinajstić information content (AvgIpc) is 2.83. The fourth-order valence-electron chi connectivity index (χ4n) is 5.69. The van der Waals surface area contributed by atoms with E-state index in [0.29, 0.717) is 12.1 Å². The van der Waals surface area contributed by atoms with E-state index >= 15 is 0 Å². The Morgan fingerprint density at radius 3 is 2.38 bits per heavy atom.